The summed E-state index contributed by atoms with van der Waals surface area (Å²) < 4.78 is 24.7. The highest BCUT2D eigenvalue weighted by molar-refractivity contribution is 7.84. The van der Waals surface area contributed by atoms with Gasteiger partial charge >= 0.3 is 0 Å². The van der Waals surface area contributed by atoms with Crippen molar-refractivity contribution in [1.29, 1.82) is 5.26 Å². The van der Waals surface area contributed by atoms with Gasteiger partial charge in [0.05, 0.1) is 11.6 Å². The highest BCUT2D eigenvalue weighted by Crippen LogP contribution is 2.13. The average Bonchev–Trinajstić information content (AvgIpc) is 2.31. The minimum absolute atomic E-state index is 0.0981. The zero-order chi connectivity index (χ0) is 13.7. The Morgan fingerprint density at radius 3 is 2.78 bits per heavy atom. The highest BCUT2D eigenvalue weighted by Gasteiger charge is 2.13. The number of nitriles is 1. The van der Waals surface area contributed by atoms with Crippen molar-refractivity contribution in [2.45, 2.75) is 19.5 Å². The summed E-state index contributed by atoms with van der Waals surface area (Å²) in [6.45, 7) is 2.35. The van der Waals surface area contributed by atoms with Gasteiger partial charge in [0, 0.05) is 41.0 Å². The number of nitrogens with zero attached hydrogens (tertiary/aromatic N) is 2. The Morgan fingerprint density at radius 1 is 1.56 bits per heavy atom. The van der Waals surface area contributed by atoms with Gasteiger partial charge in [-0.1, -0.05) is 0 Å². The molecule has 1 aromatic carbocycles. The lowest BCUT2D eigenvalue weighted by atomic mass is 10.1. The van der Waals surface area contributed by atoms with Gasteiger partial charge in [-0.3, -0.25) is 9.11 Å². The Bertz CT molecular complexity index is 484. The number of benzene rings is 1. The zero-order valence-electron chi connectivity index (χ0n) is 10.8. The first-order chi connectivity index (χ1) is 8.43. The van der Waals surface area contributed by atoms with E-state index >= 15 is 0 Å². The lowest BCUT2D eigenvalue weighted by Gasteiger charge is -2.24. The van der Waals surface area contributed by atoms with Gasteiger partial charge in [0.1, 0.15) is 5.82 Å². The minimum Gasteiger partial charge on any atom is -0.298 e. The van der Waals surface area contributed by atoms with E-state index in [1.165, 1.54) is 12.1 Å². The fourth-order valence-corrected chi connectivity index (χ4v) is 2.59. The first kappa shape index (κ1) is 14.8. The molecule has 0 fully saturated rings. The van der Waals surface area contributed by atoms with Crippen LogP contribution in [0.4, 0.5) is 4.39 Å². The number of rotatable bonds is 5. The van der Waals surface area contributed by atoms with Crippen LogP contribution >= 0.6 is 0 Å². The van der Waals surface area contributed by atoms with E-state index in [0.717, 1.165) is 0 Å². The Balaban J connectivity index is 2.78. The number of hydrogen-bond donors (Lipinski definition) is 0. The van der Waals surface area contributed by atoms with Crippen LogP contribution < -0.4 is 0 Å². The lowest BCUT2D eigenvalue weighted by molar-refractivity contribution is 0.265. The van der Waals surface area contributed by atoms with Crippen LogP contribution in [0.3, 0.4) is 0 Å². The Labute approximate surface area is 110 Å². The van der Waals surface area contributed by atoms with Gasteiger partial charge in [0.2, 0.25) is 0 Å². The van der Waals surface area contributed by atoms with Crippen molar-refractivity contribution >= 4 is 10.8 Å². The fourth-order valence-electron chi connectivity index (χ4n) is 1.66. The van der Waals surface area contributed by atoms with E-state index in [0.29, 0.717) is 23.4 Å². The molecule has 0 aliphatic heterocycles. The summed E-state index contributed by atoms with van der Waals surface area (Å²) in [4.78, 5) is 1.93. The van der Waals surface area contributed by atoms with Gasteiger partial charge in [-0.25, -0.2) is 4.39 Å². The van der Waals surface area contributed by atoms with Gasteiger partial charge in [-0.05, 0) is 32.2 Å². The van der Waals surface area contributed by atoms with Gasteiger partial charge in [0.15, 0.2) is 0 Å². The summed E-state index contributed by atoms with van der Waals surface area (Å²) >= 11 is 0. The molecule has 0 saturated heterocycles. The van der Waals surface area contributed by atoms with Crippen molar-refractivity contribution in [2.24, 2.45) is 0 Å². The van der Waals surface area contributed by atoms with Crippen molar-refractivity contribution < 1.29 is 8.60 Å². The van der Waals surface area contributed by atoms with E-state index in [1.807, 2.05) is 24.9 Å². The molecular formula is C13H17FN2OS. The second-order valence-corrected chi connectivity index (χ2v) is 5.90. The topological polar surface area (TPSA) is 44.1 Å². The first-order valence-electron chi connectivity index (χ1n) is 5.63. The van der Waals surface area contributed by atoms with Crippen LogP contribution in [0.1, 0.15) is 18.1 Å². The van der Waals surface area contributed by atoms with Crippen LogP contribution in [0.5, 0.6) is 0 Å². The third kappa shape index (κ3) is 4.21. The molecule has 98 valence electrons. The minimum atomic E-state index is -0.873. The van der Waals surface area contributed by atoms with Gasteiger partial charge in [-0.15, -0.1) is 0 Å². The predicted molar refractivity (Wildman–Crippen MR) is 71.0 cm³/mol. The van der Waals surface area contributed by atoms with Crippen LogP contribution in [-0.2, 0) is 17.3 Å². The van der Waals surface area contributed by atoms with E-state index in [9.17, 15) is 8.60 Å². The normalized spacial score (nSPS) is 14.2. The molecule has 5 heteroatoms. The summed E-state index contributed by atoms with van der Waals surface area (Å²) in [7, 11) is 0.984. The fraction of sp³-hybridized carbons (Fsp3) is 0.462. The molecule has 0 amide bonds. The Hall–Kier alpha value is -1.25. The Kier molecular flexibility index (Phi) is 5.45. The standard InChI is InChI=1S/C13H17FN2OS/c1-10(9-18(3)17)16(2)8-12-6-11(7-15)4-5-13(12)14/h4-6,10H,8-9H2,1-3H3. The molecule has 0 radical (unpaired) electrons. The molecule has 1 aromatic rings. The summed E-state index contributed by atoms with van der Waals surface area (Å²) in [5, 5.41) is 8.79. The molecule has 0 bridgehead atoms. The average molecular weight is 268 g/mol. The summed E-state index contributed by atoms with van der Waals surface area (Å²) in [5.74, 6) is 0.237. The smallest absolute Gasteiger partial charge is 0.127 e. The van der Waals surface area contributed by atoms with Crippen LogP contribution in [-0.4, -0.2) is 34.2 Å². The molecule has 18 heavy (non-hydrogen) atoms. The molecule has 0 aliphatic rings. The third-order valence-electron chi connectivity index (χ3n) is 2.82. The van der Waals surface area contributed by atoms with E-state index in [-0.39, 0.29) is 11.9 Å². The van der Waals surface area contributed by atoms with Gasteiger partial charge in [0.25, 0.3) is 0 Å². The highest BCUT2D eigenvalue weighted by atomic mass is 32.2. The van der Waals surface area contributed by atoms with Crippen LogP contribution in [0, 0.1) is 17.1 Å². The molecule has 2 atom stereocenters. The monoisotopic (exact) mass is 268 g/mol. The second-order valence-electron chi connectivity index (χ2n) is 4.42. The molecule has 0 saturated carbocycles. The van der Waals surface area contributed by atoms with Crippen LogP contribution in [0.15, 0.2) is 18.2 Å². The SMILES string of the molecule is CC(CS(C)=O)N(C)Cc1cc(C#N)ccc1F. The molecule has 0 heterocycles. The number of hydrogen-bond acceptors (Lipinski definition) is 3. The molecule has 0 N–H and O–H groups in total. The molecule has 3 nitrogen and oxygen atoms in total. The lowest BCUT2D eigenvalue weighted by Crippen LogP contribution is -2.33. The van der Waals surface area contributed by atoms with Crippen LogP contribution in [0.25, 0.3) is 0 Å². The maximum absolute atomic E-state index is 13.6. The maximum atomic E-state index is 13.6. The summed E-state index contributed by atoms with van der Waals surface area (Å²) in [6, 6.07) is 6.42. The van der Waals surface area contributed by atoms with E-state index < -0.39 is 10.8 Å². The molecular weight excluding hydrogens is 251 g/mol. The summed E-state index contributed by atoms with van der Waals surface area (Å²) in [5.41, 5.74) is 0.941. The van der Waals surface area contributed by atoms with Crippen molar-refractivity contribution in [3.05, 3.63) is 35.1 Å². The molecule has 0 aliphatic carbocycles. The predicted octanol–water partition coefficient (Wildman–Crippen LogP) is 1.90. The Morgan fingerprint density at radius 2 is 2.22 bits per heavy atom. The second kappa shape index (κ2) is 6.62. The largest absolute Gasteiger partial charge is 0.298 e. The maximum Gasteiger partial charge on any atom is 0.127 e. The quantitative estimate of drug-likeness (QED) is 0.819. The molecule has 1 rings (SSSR count). The van der Waals surface area contributed by atoms with E-state index in [1.54, 1.807) is 12.3 Å². The zero-order valence-corrected chi connectivity index (χ0v) is 11.6. The van der Waals surface area contributed by atoms with Gasteiger partial charge < -0.3 is 0 Å². The molecule has 0 aromatic heterocycles. The third-order valence-corrected chi connectivity index (χ3v) is 3.77. The van der Waals surface area contributed by atoms with E-state index in [2.05, 4.69) is 0 Å². The van der Waals surface area contributed by atoms with Crippen molar-refractivity contribution in [3.8, 4) is 6.07 Å². The summed E-state index contributed by atoms with van der Waals surface area (Å²) in [6.07, 6.45) is 1.65. The molecule has 2 unspecified atom stereocenters. The van der Waals surface area contributed by atoms with Crippen molar-refractivity contribution in [2.75, 3.05) is 19.1 Å². The number of halogens is 1. The first-order valence-corrected chi connectivity index (χ1v) is 7.35. The van der Waals surface area contributed by atoms with Crippen molar-refractivity contribution in [1.82, 2.24) is 4.90 Å². The van der Waals surface area contributed by atoms with E-state index in [4.69, 9.17) is 5.26 Å². The van der Waals surface area contributed by atoms with Crippen molar-refractivity contribution in [3.63, 3.8) is 0 Å². The molecule has 0 spiro atoms. The van der Waals surface area contributed by atoms with Gasteiger partial charge in [-0.2, -0.15) is 5.26 Å². The van der Waals surface area contributed by atoms with Crippen LogP contribution in [0.2, 0.25) is 0 Å².